The van der Waals surface area contributed by atoms with E-state index in [4.69, 9.17) is 4.74 Å². The van der Waals surface area contributed by atoms with Crippen molar-refractivity contribution in [2.75, 3.05) is 11.9 Å². The molecule has 0 saturated heterocycles. The summed E-state index contributed by atoms with van der Waals surface area (Å²) in [4.78, 5) is 0. The Kier molecular flexibility index (Phi) is 7.62. The molecule has 0 saturated carbocycles. The van der Waals surface area contributed by atoms with E-state index in [0.29, 0.717) is 18.8 Å². The second-order valence-electron chi connectivity index (χ2n) is 5.22. The minimum Gasteiger partial charge on any atom is -0.376 e. The summed E-state index contributed by atoms with van der Waals surface area (Å²) in [6, 6.07) is 6.81. The van der Waals surface area contributed by atoms with Crippen molar-refractivity contribution in [3.8, 4) is 0 Å². The zero-order valence-corrected chi connectivity index (χ0v) is 13.5. The number of hydrogen-bond acceptors (Lipinski definition) is 1. The normalized spacial score (nSPS) is 11.8. The van der Waals surface area contributed by atoms with Crippen molar-refractivity contribution in [3.05, 3.63) is 35.6 Å². The van der Waals surface area contributed by atoms with Crippen LogP contribution in [-0.4, -0.2) is 11.9 Å². The molecule has 0 spiro atoms. The lowest BCUT2D eigenvalue weighted by molar-refractivity contribution is 0.0342. The predicted molar refractivity (Wildman–Crippen MR) is 82.1 cm³/mol. The van der Waals surface area contributed by atoms with Gasteiger partial charge in [0.25, 0.3) is 0 Å². The van der Waals surface area contributed by atoms with E-state index in [1.165, 1.54) is 6.07 Å². The fourth-order valence-electron chi connectivity index (χ4n) is 2.50. The van der Waals surface area contributed by atoms with Crippen LogP contribution in [-0.2, 0) is 11.3 Å². The monoisotopic (exact) mass is 330 g/mol. The zero-order valence-electron chi connectivity index (χ0n) is 11.9. The zero-order chi connectivity index (χ0) is 14.1. The van der Waals surface area contributed by atoms with Crippen LogP contribution >= 0.6 is 15.9 Å². The standard InChI is InChI=1S/C16H24BrFO/c1-3-9-16(12-17,10-4-2)13-19-11-14-7-5-6-8-15(14)18/h5-8H,3-4,9-13H2,1-2H3. The number of benzene rings is 1. The molecule has 19 heavy (non-hydrogen) atoms. The molecule has 0 bridgehead atoms. The Labute approximate surface area is 124 Å². The molecule has 0 aliphatic carbocycles. The van der Waals surface area contributed by atoms with E-state index in [-0.39, 0.29) is 11.2 Å². The van der Waals surface area contributed by atoms with Crippen LogP contribution in [0.15, 0.2) is 24.3 Å². The van der Waals surface area contributed by atoms with Crippen LogP contribution in [0.25, 0.3) is 0 Å². The quantitative estimate of drug-likeness (QED) is 0.556. The summed E-state index contributed by atoms with van der Waals surface area (Å²) in [5.41, 5.74) is 0.827. The fraction of sp³-hybridized carbons (Fsp3) is 0.625. The molecule has 1 aromatic carbocycles. The number of alkyl halides is 1. The maximum Gasteiger partial charge on any atom is 0.128 e. The third-order valence-electron chi connectivity index (χ3n) is 3.47. The number of hydrogen-bond donors (Lipinski definition) is 0. The molecular formula is C16H24BrFO. The highest BCUT2D eigenvalue weighted by Crippen LogP contribution is 2.32. The van der Waals surface area contributed by atoms with E-state index in [1.807, 2.05) is 6.07 Å². The van der Waals surface area contributed by atoms with E-state index in [0.717, 1.165) is 31.0 Å². The number of halogens is 2. The molecule has 0 aliphatic rings. The second-order valence-corrected chi connectivity index (χ2v) is 5.78. The molecular weight excluding hydrogens is 307 g/mol. The second kappa shape index (κ2) is 8.70. The van der Waals surface area contributed by atoms with Gasteiger partial charge in [-0.15, -0.1) is 0 Å². The van der Waals surface area contributed by atoms with Crippen molar-refractivity contribution in [1.29, 1.82) is 0 Å². The lowest BCUT2D eigenvalue weighted by atomic mass is 9.82. The average molecular weight is 331 g/mol. The molecule has 0 unspecified atom stereocenters. The Morgan fingerprint density at radius 3 is 2.32 bits per heavy atom. The highest BCUT2D eigenvalue weighted by Gasteiger charge is 2.27. The highest BCUT2D eigenvalue weighted by atomic mass is 79.9. The first kappa shape index (κ1) is 16.6. The highest BCUT2D eigenvalue weighted by molar-refractivity contribution is 9.09. The Hall–Kier alpha value is -0.410. The van der Waals surface area contributed by atoms with Crippen LogP contribution in [0.1, 0.15) is 45.1 Å². The van der Waals surface area contributed by atoms with Crippen molar-refractivity contribution in [2.24, 2.45) is 5.41 Å². The molecule has 0 amide bonds. The van der Waals surface area contributed by atoms with Crippen LogP contribution in [0.3, 0.4) is 0 Å². The molecule has 1 aromatic rings. The van der Waals surface area contributed by atoms with Gasteiger partial charge in [-0.05, 0) is 18.9 Å². The summed E-state index contributed by atoms with van der Waals surface area (Å²) in [5, 5.41) is 0.943. The van der Waals surface area contributed by atoms with E-state index >= 15 is 0 Å². The molecule has 1 rings (SSSR count). The van der Waals surface area contributed by atoms with Crippen molar-refractivity contribution >= 4 is 15.9 Å². The van der Waals surface area contributed by atoms with Gasteiger partial charge in [0.05, 0.1) is 13.2 Å². The van der Waals surface area contributed by atoms with Crippen molar-refractivity contribution in [1.82, 2.24) is 0 Å². The summed E-state index contributed by atoms with van der Waals surface area (Å²) in [7, 11) is 0. The van der Waals surface area contributed by atoms with Gasteiger partial charge in [0.2, 0.25) is 0 Å². The smallest absolute Gasteiger partial charge is 0.128 e. The molecule has 0 heterocycles. The maximum absolute atomic E-state index is 13.5. The molecule has 0 aliphatic heterocycles. The third-order valence-corrected chi connectivity index (χ3v) is 4.66. The van der Waals surface area contributed by atoms with E-state index in [1.54, 1.807) is 12.1 Å². The van der Waals surface area contributed by atoms with Gasteiger partial charge in [0.15, 0.2) is 0 Å². The lowest BCUT2D eigenvalue weighted by Gasteiger charge is -2.31. The molecule has 0 aromatic heterocycles. The molecule has 1 nitrogen and oxygen atoms in total. The molecule has 108 valence electrons. The predicted octanol–water partition coefficient (Wildman–Crippen LogP) is 5.32. The van der Waals surface area contributed by atoms with Gasteiger partial charge in [-0.2, -0.15) is 0 Å². The SMILES string of the molecule is CCCC(CBr)(CCC)COCc1ccccc1F. The average Bonchev–Trinajstić information content (AvgIpc) is 2.41. The number of ether oxygens (including phenoxy) is 1. The van der Waals surface area contributed by atoms with E-state index in [9.17, 15) is 4.39 Å². The molecule has 0 radical (unpaired) electrons. The van der Waals surface area contributed by atoms with Crippen molar-refractivity contribution in [3.63, 3.8) is 0 Å². The van der Waals surface area contributed by atoms with Gasteiger partial charge < -0.3 is 4.74 Å². The van der Waals surface area contributed by atoms with E-state index in [2.05, 4.69) is 29.8 Å². The van der Waals surface area contributed by atoms with Crippen molar-refractivity contribution in [2.45, 2.75) is 46.1 Å². The van der Waals surface area contributed by atoms with Crippen LogP contribution < -0.4 is 0 Å². The van der Waals surface area contributed by atoms with E-state index < -0.39 is 0 Å². The summed E-state index contributed by atoms with van der Waals surface area (Å²) in [6.45, 7) is 5.44. The number of rotatable bonds is 9. The minimum atomic E-state index is -0.182. The summed E-state index contributed by atoms with van der Waals surface area (Å²) < 4.78 is 19.3. The van der Waals surface area contributed by atoms with Gasteiger partial charge in [0.1, 0.15) is 5.82 Å². The van der Waals surface area contributed by atoms with Crippen LogP contribution in [0.5, 0.6) is 0 Å². The Morgan fingerprint density at radius 2 is 1.79 bits per heavy atom. The first-order valence-corrected chi connectivity index (χ1v) is 8.16. The van der Waals surface area contributed by atoms with Crippen molar-refractivity contribution < 1.29 is 9.13 Å². The van der Waals surface area contributed by atoms with Gasteiger partial charge in [-0.25, -0.2) is 4.39 Å². The third kappa shape index (κ3) is 5.23. The lowest BCUT2D eigenvalue weighted by Crippen LogP contribution is -2.28. The van der Waals surface area contributed by atoms with Gasteiger partial charge in [0, 0.05) is 16.3 Å². The molecule has 3 heteroatoms. The van der Waals surface area contributed by atoms with Gasteiger partial charge in [-0.3, -0.25) is 0 Å². The topological polar surface area (TPSA) is 9.23 Å². The largest absolute Gasteiger partial charge is 0.376 e. The minimum absolute atomic E-state index is 0.182. The Balaban J connectivity index is 2.54. The Morgan fingerprint density at radius 1 is 1.16 bits per heavy atom. The van der Waals surface area contributed by atoms with Gasteiger partial charge in [-0.1, -0.05) is 60.8 Å². The summed E-state index contributed by atoms with van der Waals surface area (Å²) >= 11 is 3.62. The first-order chi connectivity index (χ1) is 9.17. The Bertz CT molecular complexity index is 362. The fourth-order valence-corrected chi connectivity index (χ4v) is 3.22. The maximum atomic E-state index is 13.5. The molecule has 0 fully saturated rings. The molecule has 0 N–H and O–H groups in total. The van der Waals surface area contributed by atoms with Crippen LogP contribution in [0.2, 0.25) is 0 Å². The molecule has 0 atom stereocenters. The first-order valence-electron chi connectivity index (χ1n) is 7.04. The summed E-state index contributed by atoms with van der Waals surface area (Å²) in [5.74, 6) is -0.182. The van der Waals surface area contributed by atoms with Crippen LogP contribution in [0.4, 0.5) is 4.39 Å². The van der Waals surface area contributed by atoms with Crippen LogP contribution in [0, 0.1) is 11.2 Å². The van der Waals surface area contributed by atoms with Gasteiger partial charge >= 0.3 is 0 Å². The summed E-state index contributed by atoms with van der Waals surface area (Å²) in [6.07, 6.45) is 4.58.